The fourth-order valence-electron chi connectivity index (χ4n) is 2.80. The van der Waals surface area contributed by atoms with Gasteiger partial charge < -0.3 is 0 Å². The van der Waals surface area contributed by atoms with E-state index in [1.165, 1.54) is 29.5 Å². The fraction of sp³-hybridized carbons (Fsp3) is 0.118. The number of carbonyl (C=O) groups is 2. The molecule has 0 aliphatic carbocycles. The molecule has 0 unspecified atom stereocenters. The number of amides is 2. The van der Waals surface area contributed by atoms with Gasteiger partial charge >= 0.3 is 0 Å². The van der Waals surface area contributed by atoms with Crippen molar-refractivity contribution in [1.29, 1.82) is 0 Å². The van der Waals surface area contributed by atoms with E-state index in [0.29, 0.717) is 15.7 Å². The molecule has 0 radical (unpaired) electrons. The van der Waals surface area contributed by atoms with Crippen LogP contribution < -0.4 is 9.62 Å². The molecule has 11 heteroatoms. The Morgan fingerprint density at radius 3 is 2.64 bits per heavy atom. The van der Waals surface area contributed by atoms with Crippen LogP contribution in [-0.4, -0.2) is 31.0 Å². The molecule has 1 fully saturated rings. The van der Waals surface area contributed by atoms with Gasteiger partial charge in [-0.15, -0.1) is 0 Å². The molecule has 7 nitrogen and oxygen atoms in total. The summed E-state index contributed by atoms with van der Waals surface area (Å²) in [7, 11) is -3.70. The van der Waals surface area contributed by atoms with E-state index in [9.17, 15) is 18.0 Å². The first kappa shape index (κ1) is 19.1. The highest BCUT2D eigenvalue weighted by Crippen LogP contribution is 2.31. The summed E-state index contributed by atoms with van der Waals surface area (Å²) in [5.74, 6) is -1.27. The Morgan fingerprint density at radius 2 is 1.96 bits per heavy atom. The third kappa shape index (κ3) is 3.46. The van der Waals surface area contributed by atoms with Gasteiger partial charge in [0.05, 0.1) is 32.2 Å². The molecule has 4 rings (SSSR count). The number of nitrogens with one attached hydrogen (secondary N) is 1. The zero-order valence-electron chi connectivity index (χ0n) is 14.0. The van der Waals surface area contributed by atoms with E-state index in [0.717, 1.165) is 9.01 Å². The Hall–Kier alpha value is -2.20. The summed E-state index contributed by atoms with van der Waals surface area (Å²) >= 11 is 13.4. The minimum Gasteiger partial charge on any atom is -0.298 e. The summed E-state index contributed by atoms with van der Waals surface area (Å²) in [4.78, 5) is 28.7. The van der Waals surface area contributed by atoms with Crippen molar-refractivity contribution in [2.45, 2.75) is 6.42 Å². The summed E-state index contributed by atoms with van der Waals surface area (Å²) in [5, 5.41) is 3.63. The lowest BCUT2D eigenvalue weighted by Gasteiger charge is -2.16. The van der Waals surface area contributed by atoms with Gasteiger partial charge in [-0.25, -0.2) is 17.7 Å². The number of carbonyl (C=O) groups excluding carboxylic acids is 2. The van der Waals surface area contributed by atoms with Crippen LogP contribution in [0.2, 0.25) is 10.0 Å². The SMILES string of the molecule is O=C(Nc1nc2ccc(Cl)cc2s1)c1ccc(N2C(=O)CCS2(=O)=O)cc1Cl. The summed E-state index contributed by atoms with van der Waals surface area (Å²) < 4.78 is 25.6. The van der Waals surface area contributed by atoms with Crippen molar-refractivity contribution in [3.63, 3.8) is 0 Å². The summed E-state index contributed by atoms with van der Waals surface area (Å²) in [6.07, 6.45) is -0.0796. The number of hydrogen-bond acceptors (Lipinski definition) is 6. The number of rotatable bonds is 3. The molecule has 1 N–H and O–H groups in total. The van der Waals surface area contributed by atoms with E-state index < -0.39 is 21.8 Å². The molecule has 1 aliphatic heterocycles. The molecule has 0 bridgehead atoms. The summed E-state index contributed by atoms with van der Waals surface area (Å²) in [5.41, 5.74) is 0.939. The van der Waals surface area contributed by atoms with Crippen LogP contribution in [0.4, 0.5) is 10.8 Å². The summed E-state index contributed by atoms with van der Waals surface area (Å²) in [6.45, 7) is 0. The van der Waals surface area contributed by atoms with Crippen molar-refractivity contribution >= 4 is 77.4 Å². The molecular formula is C17H11Cl2N3O4S2. The van der Waals surface area contributed by atoms with Crippen LogP contribution in [0.5, 0.6) is 0 Å². The van der Waals surface area contributed by atoms with Gasteiger partial charge in [0.25, 0.3) is 5.91 Å². The number of benzene rings is 2. The first-order chi connectivity index (χ1) is 13.2. The molecular weight excluding hydrogens is 445 g/mol. The van der Waals surface area contributed by atoms with Gasteiger partial charge in [0.2, 0.25) is 15.9 Å². The molecule has 28 heavy (non-hydrogen) atoms. The molecule has 144 valence electrons. The second-order valence-corrected chi connectivity index (χ2v) is 9.79. The highest BCUT2D eigenvalue weighted by molar-refractivity contribution is 7.94. The van der Waals surface area contributed by atoms with Crippen LogP contribution in [0.1, 0.15) is 16.8 Å². The van der Waals surface area contributed by atoms with E-state index >= 15 is 0 Å². The monoisotopic (exact) mass is 455 g/mol. The van der Waals surface area contributed by atoms with E-state index in [4.69, 9.17) is 23.2 Å². The second kappa shape index (κ2) is 7.00. The van der Waals surface area contributed by atoms with Crippen molar-refractivity contribution < 1.29 is 18.0 Å². The number of fused-ring (bicyclic) bond motifs is 1. The molecule has 2 aromatic carbocycles. The van der Waals surface area contributed by atoms with Gasteiger partial charge in [-0.2, -0.15) is 0 Å². The quantitative estimate of drug-likeness (QED) is 0.645. The Balaban J connectivity index is 1.60. The molecule has 0 saturated carbocycles. The average molecular weight is 456 g/mol. The van der Waals surface area contributed by atoms with Crippen molar-refractivity contribution in [2.75, 3.05) is 15.4 Å². The third-order valence-corrected chi connectivity index (χ3v) is 7.25. The number of nitrogens with zero attached hydrogens (tertiary/aromatic N) is 2. The minimum absolute atomic E-state index is 0.0223. The van der Waals surface area contributed by atoms with E-state index in [-0.39, 0.29) is 28.4 Å². The normalized spacial score (nSPS) is 15.9. The third-order valence-electron chi connectivity index (χ3n) is 4.08. The van der Waals surface area contributed by atoms with Crippen LogP contribution in [0.25, 0.3) is 10.2 Å². The maximum Gasteiger partial charge on any atom is 0.258 e. The van der Waals surface area contributed by atoms with E-state index in [2.05, 4.69) is 10.3 Å². The fourth-order valence-corrected chi connectivity index (χ4v) is 5.65. The number of halogens is 2. The first-order valence-corrected chi connectivity index (χ1v) is 11.2. The van der Waals surface area contributed by atoms with Gasteiger partial charge in [0, 0.05) is 11.4 Å². The highest BCUT2D eigenvalue weighted by atomic mass is 35.5. The van der Waals surface area contributed by atoms with Gasteiger partial charge in [-0.05, 0) is 36.4 Å². The van der Waals surface area contributed by atoms with Crippen molar-refractivity contribution in [3.05, 3.63) is 52.0 Å². The molecule has 0 atom stereocenters. The van der Waals surface area contributed by atoms with Crippen LogP contribution in [0.3, 0.4) is 0 Å². The largest absolute Gasteiger partial charge is 0.298 e. The lowest BCUT2D eigenvalue weighted by Crippen LogP contribution is -2.29. The van der Waals surface area contributed by atoms with Crippen molar-refractivity contribution in [3.8, 4) is 0 Å². The van der Waals surface area contributed by atoms with Crippen LogP contribution >= 0.6 is 34.5 Å². The van der Waals surface area contributed by atoms with Gasteiger partial charge in [0.1, 0.15) is 0 Å². The Kier molecular flexibility index (Phi) is 4.78. The lowest BCUT2D eigenvalue weighted by molar-refractivity contribution is -0.116. The Morgan fingerprint density at radius 1 is 1.18 bits per heavy atom. The highest BCUT2D eigenvalue weighted by Gasteiger charge is 2.36. The maximum absolute atomic E-state index is 12.5. The summed E-state index contributed by atoms with van der Waals surface area (Å²) in [6, 6.07) is 9.24. The standard InChI is InChI=1S/C17H11Cl2N3O4S2/c18-9-1-4-13-14(7-9)27-17(20-13)21-16(24)11-3-2-10(8-12(11)19)22-15(23)5-6-28(22,25)26/h1-4,7-8H,5-6H2,(H,20,21,24). The maximum atomic E-state index is 12.5. The van der Waals surface area contributed by atoms with E-state index in [1.807, 2.05) is 0 Å². The van der Waals surface area contributed by atoms with Gasteiger partial charge in [0.15, 0.2) is 5.13 Å². The molecule has 3 aromatic rings. The molecule has 2 heterocycles. The number of thiazole rings is 1. The topological polar surface area (TPSA) is 96.4 Å². The zero-order chi connectivity index (χ0) is 20.1. The van der Waals surface area contributed by atoms with Crippen LogP contribution in [0, 0.1) is 0 Å². The Labute approximate surface area is 173 Å². The minimum atomic E-state index is -3.70. The number of sulfonamides is 1. The second-order valence-electron chi connectivity index (χ2n) is 5.97. The number of aromatic nitrogens is 1. The van der Waals surface area contributed by atoms with Gasteiger partial charge in [-0.1, -0.05) is 34.5 Å². The molecule has 0 spiro atoms. The van der Waals surface area contributed by atoms with Crippen molar-refractivity contribution in [2.24, 2.45) is 0 Å². The predicted octanol–water partition coefficient (Wildman–Crippen LogP) is 3.92. The molecule has 1 aromatic heterocycles. The van der Waals surface area contributed by atoms with Crippen molar-refractivity contribution in [1.82, 2.24) is 4.98 Å². The lowest BCUT2D eigenvalue weighted by atomic mass is 10.2. The number of anilines is 2. The smallest absolute Gasteiger partial charge is 0.258 e. The average Bonchev–Trinajstić information content (AvgIpc) is 3.13. The molecule has 2 amide bonds. The number of hydrogen-bond donors (Lipinski definition) is 1. The predicted molar refractivity (Wildman–Crippen MR) is 110 cm³/mol. The molecule has 1 aliphatic rings. The van der Waals surface area contributed by atoms with Gasteiger partial charge in [-0.3, -0.25) is 14.9 Å². The molecule has 1 saturated heterocycles. The van der Waals surface area contributed by atoms with Crippen LogP contribution in [0.15, 0.2) is 36.4 Å². The van der Waals surface area contributed by atoms with E-state index in [1.54, 1.807) is 18.2 Å². The Bertz CT molecular complexity index is 1240. The van der Waals surface area contributed by atoms with Crippen LogP contribution in [-0.2, 0) is 14.8 Å². The zero-order valence-corrected chi connectivity index (χ0v) is 17.1. The first-order valence-electron chi connectivity index (χ1n) is 7.97.